The van der Waals surface area contributed by atoms with E-state index in [1.165, 1.54) is 0 Å². The first-order valence-corrected chi connectivity index (χ1v) is 3.30. The predicted molar refractivity (Wildman–Crippen MR) is 39.2 cm³/mol. The molecule has 0 aromatic heterocycles. The average Bonchev–Trinajstić information content (AvgIpc) is 1.63. The molecule has 0 amide bonds. The SMILES string of the molecule is CC(C)(C=O)CC(=O)P. The summed E-state index contributed by atoms with van der Waals surface area (Å²) >= 11 is 0. The van der Waals surface area contributed by atoms with E-state index in [0.29, 0.717) is 6.42 Å². The van der Waals surface area contributed by atoms with E-state index < -0.39 is 5.41 Å². The third-order valence-corrected chi connectivity index (χ3v) is 1.15. The summed E-state index contributed by atoms with van der Waals surface area (Å²) in [5.41, 5.74) is -0.508. The summed E-state index contributed by atoms with van der Waals surface area (Å²) in [5, 5.41) is 0. The van der Waals surface area contributed by atoms with Gasteiger partial charge in [-0.15, -0.1) is 0 Å². The summed E-state index contributed by atoms with van der Waals surface area (Å²) in [4.78, 5) is 20.6. The summed E-state index contributed by atoms with van der Waals surface area (Å²) in [5.74, 6) is 0. The van der Waals surface area contributed by atoms with Gasteiger partial charge in [-0.25, -0.2) is 0 Å². The van der Waals surface area contributed by atoms with Crippen LogP contribution < -0.4 is 0 Å². The Morgan fingerprint density at radius 3 is 2.22 bits per heavy atom. The van der Waals surface area contributed by atoms with Crippen LogP contribution in [0.3, 0.4) is 0 Å². The van der Waals surface area contributed by atoms with Crippen LogP contribution in [0.25, 0.3) is 0 Å². The molecule has 0 aliphatic carbocycles. The van der Waals surface area contributed by atoms with Gasteiger partial charge in [0.15, 0.2) is 0 Å². The van der Waals surface area contributed by atoms with Crippen molar-refractivity contribution < 1.29 is 9.59 Å². The molecule has 0 saturated heterocycles. The standard InChI is InChI=1S/C6H11O2P/c1-6(2,4-7)3-5(8)9/h4H,3,9H2,1-2H3. The lowest BCUT2D eigenvalue weighted by Crippen LogP contribution is -2.15. The Morgan fingerprint density at radius 1 is 1.67 bits per heavy atom. The molecule has 0 bridgehead atoms. The van der Waals surface area contributed by atoms with Crippen LogP contribution in [0, 0.1) is 5.41 Å². The maximum Gasteiger partial charge on any atom is 0.149 e. The van der Waals surface area contributed by atoms with Crippen LogP contribution in [0.5, 0.6) is 0 Å². The molecule has 0 saturated carbocycles. The van der Waals surface area contributed by atoms with Gasteiger partial charge in [0.1, 0.15) is 11.8 Å². The first kappa shape index (κ1) is 8.77. The minimum absolute atomic E-state index is 0.0212. The Bertz CT molecular complexity index is 129. The highest BCUT2D eigenvalue weighted by atomic mass is 31.0. The smallest absolute Gasteiger partial charge is 0.149 e. The molecule has 2 nitrogen and oxygen atoms in total. The van der Waals surface area contributed by atoms with E-state index in [9.17, 15) is 9.59 Å². The fourth-order valence-electron chi connectivity index (χ4n) is 0.491. The minimum Gasteiger partial charge on any atom is -0.303 e. The molecule has 0 radical (unpaired) electrons. The van der Waals surface area contributed by atoms with Crippen LogP contribution in [-0.4, -0.2) is 11.8 Å². The molecule has 0 aliphatic rings. The topological polar surface area (TPSA) is 34.1 Å². The average molecular weight is 146 g/mol. The second-order valence-corrected chi connectivity index (χ2v) is 3.39. The monoisotopic (exact) mass is 146 g/mol. The van der Waals surface area contributed by atoms with Gasteiger partial charge in [-0.2, -0.15) is 0 Å². The van der Waals surface area contributed by atoms with Gasteiger partial charge in [-0.1, -0.05) is 23.1 Å². The van der Waals surface area contributed by atoms with Crippen molar-refractivity contribution in [3.63, 3.8) is 0 Å². The van der Waals surface area contributed by atoms with Gasteiger partial charge in [0.25, 0.3) is 0 Å². The number of carbonyl (C=O) groups is 2. The molecule has 0 fully saturated rings. The van der Waals surface area contributed by atoms with Gasteiger partial charge >= 0.3 is 0 Å². The van der Waals surface area contributed by atoms with Crippen LogP contribution in [0.1, 0.15) is 20.3 Å². The van der Waals surface area contributed by atoms with Crippen LogP contribution in [0.4, 0.5) is 0 Å². The first-order chi connectivity index (χ1) is 3.98. The normalized spacial score (nSPS) is 11.0. The third-order valence-electron chi connectivity index (χ3n) is 0.949. The van der Waals surface area contributed by atoms with E-state index in [1.807, 2.05) is 0 Å². The Morgan fingerprint density at radius 2 is 2.11 bits per heavy atom. The quantitative estimate of drug-likeness (QED) is 0.439. The highest BCUT2D eigenvalue weighted by Crippen LogP contribution is 2.18. The lowest BCUT2D eigenvalue weighted by molar-refractivity contribution is -0.120. The maximum atomic E-state index is 10.4. The fraction of sp³-hybridized carbons (Fsp3) is 0.667. The van der Waals surface area contributed by atoms with E-state index in [-0.39, 0.29) is 5.52 Å². The zero-order valence-corrected chi connectivity index (χ0v) is 6.83. The number of carbonyl (C=O) groups excluding carboxylic acids is 2. The van der Waals surface area contributed by atoms with Gasteiger partial charge in [-0.05, 0) is 0 Å². The molecule has 1 unspecified atom stereocenters. The molecular formula is C6H11O2P. The van der Waals surface area contributed by atoms with E-state index in [1.54, 1.807) is 13.8 Å². The van der Waals surface area contributed by atoms with E-state index in [2.05, 4.69) is 9.24 Å². The number of hydrogen-bond acceptors (Lipinski definition) is 2. The molecule has 9 heavy (non-hydrogen) atoms. The zero-order chi connectivity index (χ0) is 7.49. The van der Waals surface area contributed by atoms with Crippen molar-refractivity contribution >= 4 is 21.1 Å². The summed E-state index contributed by atoms with van der Waals surface area (Å²) < 4.78 is 0. The van der Waals surface area contributed by atoms with Crippen LogP contribution >= 0.6 is 9.24 Å². The summed E-state index contributed by atoms with van der Waals surface area (Å²) in [6, 6.07) is 0. The predicted octanol–water partition coefficient (Wildman–Crippen LogP) is 1.00. The van der Waals surface area contributed by atoms with Gasteiger partial charge in [0.05, 0.1) is 0 Å². The molecule has 0 rings (SSSR count). The van der Waals surface area contributed by atoms with Crippen molar-refractivity contribution in [2.45, 2.75) is 20.3 Å². The molecule has 1 atom stereocenters. The van der Waals surface area contributed by atoms with Crippen molar-refractivity contribution in [3.05, 3.63) is 0 Å². The fourth-order valence-corrected chi connectivity index (χ4v) is 1.02. The van der Waals surface area contributed by atoms with Crippen molar-refractivity contribution in [1.29, 1.82) is 0 Å². The van der Waals surface area contributed by atoms with Gasteiger partial charge in [-0.3, -0.25) is 4.79 Å². The Balaban J connectivity index is 3.86. The molecule has 52 valence electrons. The van der Waals surface area contributed by atoms with Gasteiger partial charge in [0.2, 0.25) is 0 Å². The molecule has 0 aromatic carbocycles. The number of aldehydes is 1. The lowest BCUT2D eigenvalue weighted by atomic mass is 9.92. The van der Waals surface area contributed by atoms with Crippen molar-refractivity contribution in [2.75, 3.05) is 0 Å². The maximum absolute atomic E-state index is 10.4. The second kappa shape index (κ2) is 3.07. The van der Waals surface area contributed by atoms with E-state index >= 15 is 0 Å². The summed E-state index contributed by atoms with van der Waals surface area (Å²) in [6.45, 7) is 3.48. The van der Waals surface area contributed by atoms with E-state index in [4.69, 9.17) is 0 Å². The van der Waals surface area contributed by atoms with Gasteiger partial charge < -0.3 is 4.79 Å². The lowest BCUT2D eigenvalue weighted by Gasteiger charge is -2.12. The van der Waals surface area contributed by atoms with Crippen LogP contribution in [0.2, 0.25) is 0 Å². The molecule has 0 N–H and O–H groups in total. The molecule has 0 spiro atoms. The second-order valence-electron chi connectivity index (χ2n) is 2.75. The summed E-state index contributed by atoms with van der Waals surface area (Å²) in [7, 11) is 2.05. The van der Waals surface area contributed by atoms with Gasteiger partial charge in [0, 0.05) is 11.8 Å². The highest BCUT2D eigenvalue weighted by molar-refractivity contribution is 7.40. The largest absolute Gasteiger partial charge is 0.303 e. The van der Waals surface area contributed by atoms with Crippen molar-refractivity contribution in [3.8, 4) is 0 Å². The zero-order valence-electron chi connectivity index (χ0n) is 5.68. The molecule has 0 heterocycles. The molecule has 0 aromatic rings. The Labute approximate surface area is 57.2 Å². The van der Waals surface area contributed by atoms with Crippen LogP contribution in [-0.2, 0) is 9.59 Å². The van der Waals surface area contributed by atoms with Crippen molar-refractivity contribution in [2.24, 2.45) is 5.41 Å². The first-order valence-electron chi connectivity index (χ1n) is 2.72. The molecular weight excluding hydrogens is 135 g/mol. The third kappa shape index (κ3) is 4.28. The number of hydrogen-bond donors (Lipinski definition) is 0. The molecule has 0 aliphatic heterocycles. The summed E-state index contributed by atoms with van der Waals surface area (Å²) in [6.07, 6.45) is 1.11. The Hall–Kier alpha value is -0.230. The van der Waals surface area contributed by atoms with E-state index in [0.717, 1.165) is 6.29 Å². The highest BCUT2D eigenvalue weighted by Gasteiger charge is 2.18. The van der Waals surface area contributed by atoms with Crippen LogP contribution in [0.15, 0.2) is 0 Å². The van der Waals surface area contributed by atoms with Crippen molar-refractivity contribution in [1.82, 2.24) is 0 Å². The Kier molecular flexibility index (Phi) is 2.99. The number of rotatable bonds is 3. The minimum atomic E-state index is -0.487. The molecule has 3 heteroatoms.